The summed E-state index contributed by atoms with van der Waals surface area (Å²) in [6.45, 7) is 9.91. The second-order valence-corrected chi connectivity index (χ2v) is 7.02. The molecule has 0 aromatic heterocycles. The Morgan fingerprint density at radius 3 is 2.63 bits per heavy atom. The fourth-order valence-electron chi connectivity index (χ4n) is 2.79. The van der Waals surface area contributed by atoms with E-state index in [1.165, 1.54) is 12.1 Å². The van der Waals surface area contributed by atoms with Gasteiger partial charge in [0.05, 0.1) is 0 Å². The highest BCUT2D eigenvalue weighted by molar-refractivity contribution is 6.31. The first-order valence-electron chi connectivity index (χ1n) is 7.15. The van der Waals surface area contributed by atoms with Crippen molar-refractivity contribution >= 4 is 17.3 Å². The maximum atomic E-state index is 6.33. The molecule has 0 radical (unpaired) electrons. The third kappa shape index (κ3) is 3.43. The Kier molecular flexibility index (Phi) is 4.42. The lowest BCUT2D eigenvalue weighted by Crippen LogP contribution is -2.25. The van der Waals surface area contributed by atoms with Gasteiger partial charge in [0.15, 0.2) is 0 Å². The molecule has 0 saturated carbocycles. The Bertz CT molecular complexity index is 437. The molecule has 1 heterocycles. The van der Waals surface area contributed by atoms with Crippen LogP contribution in [0.25, 0.3) is 0 Å². The Balaban J connectivity index is 2.10. The molecule has 3 heteroatoms. The zero-order valence-corrected chi connectivity index (χ0v) is 13.0. The number of nitrogens with zero attached hydrogens (tertiary/aromatic N) is 1. The Hall–Kier alpha value is -0.730. The lowest BCUT2D eigenvalue weighted by molar-refractivity contribution is 0.263. The van der Waals surface area contributed by atoms with Gasteiger partial charge in [-0.15, -0.1) is 0 Å². The fraction of sp³-hybridized carbons (Fsp3) is 0.625. The number of benzene rings is 1. The van der Waals surface area contributed by atoms with Gasteiger partial charge in [0.25, 0.3) is 0 Å². The molecule has 1 aromatic carbocycles. The second-order valence-electron chi connectivity index (χ2n) is 6.61. The molecule has 1 atom stereocenters. The summed E-state index contributed by atoms with van der Waals surface area (Å²) >= 11 is 6.33. The maximum absolute atomic E-state index is 6.33. The summed E-state index contributed by atoms with van der Waals surface area (Å²) in [7, 11) is 0. The summed E-state index contributed by atoms with van der Waals surface area (Å²) < 4.78 is 0. The smallest absolute Gasteiger partial charge is 0.0459 e. The van der Waals surface area contributed by atoms with E-state index in [0.29, 0.717) is 12.0 Å². The van der Waals surface area contributed by atoms with Gasteiger partial charge in [0.1, 0.15) is 0 Å². The van der Waals surface area contributed by atoms with Crippen LogP contribution in [0.1, 0.15) is 32.8 Å². The van der Waals surface area contributed by atoms with Crippen molar-refractivity contribution in [3.05, 3.63) is 28.8 Å². The van der Waals surface area contributed by atoms with Crippen LogP contribution >= 0.6 is 11.6 Å². The van der Waals surface area contributed by atoms with Crippen molar-refractivity contribution in [1.29, 1.82) is 0 Å². The molecule has 1 aromatic rings. The molecule has 1 fully saturated rings. The van der Waals surface area contributed by atoms with Crippen LogP contribution in [0.2, 0.25) is 5.02 Å². The van der Waals surface area contributed by atoms with Crippen LogP contribution in [0.5, 0.6) is 0 Å². The van der Waals surface area contributed by atoms with Crippen molar-refractivity contribution in [2.24, 2.45) is 17.1 Å². The van der Waals surface area contributed by atoms with E-state index in [1.807, 2.05) is 0 Å². The Morgan fingerprint density at radius 2 is 2.11 bits per heavy atom. The average molecular weight is 281 g/mol. The monoisotopic (exact) mass is 280 g/mol. The topological polar surface area (TPSA) is 29.3 Å². The molecular weight excluding hydrogens is 256 g/mol. The molecule has 2 rings (SSSR count). The minimum Gasteiger partial charge on any atom is -0.371 e. The molecule has 2 N–H and O–H groups in total. The minimum absolute atomic E-state index is 0.387. The van der Waals surface area contributed by atoms with Crippen LogP contribution in [0, 0.1) is 11.3 Å². The van der Waals surface area contributed by atoms with Gasteiger partial charge in [0, 0.05) is 23.8 Å². The Labute approximate surface area is 121 Å². The largest absolute Gasteiger partial charge is 0.371 e. The highest BCUT2D eigenvalue weighted by Crippen LogP contribution is 2.36. The molecular formula is C16H25ClN2. The Morgan fingerprint density at radius 1 is 1.37 bits per heavy atom. The lowest BCUT2D eigenvalue weighted by atomic mass is 9.80. The van der Waals surface area contributed by atoms with Crippen LogP contribution < -0.4 is 10.6 Å². The molecule has 0 spiro atoms. The number of rotatable bonds is 3. The number of anilines is 1. The van der Waals surface area contributed by atoms with Crippen LogP contribution in [-0.4, -0.2) is 19.6 Å². The molecule has 0 bridgehead atoms. The van der Waals surface area contributed by atoms with Crippen LogP contribution in [0.3, 0.4) is 0 Å². The molecule has 0 aliphatic carbocycles. The molecule has 19 heavy (non-hydrogen) atoms. The van der Waals surface area contributed by atoms with Crippen molar-refractivity contribution in [2.75, 3.05) is 24.5 Å². The normalized spacial score (nSPS) is 20.1. The van der Waals surface area contributed by atoms with E-state index in [4.69, 9.17) is 17.3 Å². The van der Waals surface area contributed by atoms with Crippen molar-refractivity contribution in [1.82, 2.24) is 0 Å². The molecule has 1 aliphatic rings. The van der Waals surface area contributed by atoms with Gasteiger partial charge in [0.2, 0.25) is 0 Å². The number of hydrogen-bond acceptors (Lipinski definition) is 2. The first kappa shape index (κ1) is 14.7. The van der Waals surface area contributed by atoms with Crippen molar-refractivity contribution < 1.29 is 0 Å². The van der Waals surface area contributed by atoms with Gasteiger partial charge in [-0.1, -0.05) is 38.4 Å². The van der Waals surface area contributed by atoms with Crippen LogP contribution in [0.4, 0.5) is 5.69 Å². The standard InChI is InChI=1S/C16H25ClN2/c1-16(2,3)13-7-9-19(11-13)14-5-4-12(6-8-18)15(17)10-14/h4-5,10,13H,6-9,11,18H2,1-3H3. The van der Waals surface area contributed by atoms with E-state index in [0.717, 1.165) is 36.0 Å². The maximum Gasteiger partial charge on any atom is 0.0459 e. The van der Waals surface area contributed by atoms with Crippen molar-refractivity contribution in [2.45, 2.75) is 33.6 Å². The first-order chi connectivity index (χ1) is 8.91. The van der Waals surface area contributed by atoms with Crippen molar-refractivity contribution in [3.8, 4) is 0 Å². The van der Waals surface area contributed by atoms with E-state index in [1.54, 1.807) is 0 Å². The molecule has 2 nitrogen and oxygen atoms in total. The van der Waals surface area contributed by atoms with Gasteiger partial charge in [-0.25, -0.2) is 0 Å². The molecule has 1 unspecified atom stereocenters. The van der Waals surface area contributed by atoms with Gasteiger partial charge >= 0.3 is 0 Å². The zero-order valence-electron chi connectivity index (χ0n) is 12.2. The zero-order chi connectivity index (χ0) is 14.0. The minimum atomic E-state index is 0.387. The van der Waals surface area contributed by atoms with E-state index >= 15 is 0 Å². The second kappa shape index (κ2) is 5.72. The molecule has 1 saturated heterocycles. The van der Waals surface area contributed by atoms with Crippen LogP contribution in [0.15, 0.2) is 18.2 Å². The summed E-state index contributed by atoms with van der Waals surface area (Å²) in [6.07, 6.45) is 2.12. The molecule has 106 valence electrons. The number of nitrogens with two attached hydrogens (primary N) is 1. The quantitative estimate of drug-likeness (QED) is 0.914. The van der Waals surface area contributed by atoms with Gasteiger partial charge in [-0.05, 0) is 48.4 Å². The summed E-state index contributed by atoms with van der Waals surface area (Å²) in [5.41, 5.74) is 8.37. The predicted octanol–water partition coefficient (Wildman–Crippen LogP) is 3.71. The molecule has 1 aliphatic heterocycles. The van der Waals surface area contributed by atoms with E-state index in [9.17, 15) is 0 Å². The van der Waals surface area contributed by atoms with Crippen LogP contribution in [-0.2, 0) is 6.42 Å². The SMILES string of the molecule is CC(C)(C)C1CCN(c2ccc(CCN)c(Cl)c2)C1. The van der Waals surface area contributed by atoms with E-state index in [2.05, 4.69) is 43.9 Å². The van der Waals surface area contributed by atoms with E-state index < -0.39 is 0 Å². The van der Waals surface area contributed by atoms with Crippen molar-refractivity contribution in [3.63, 3.8) is 0 Å². The average Bonchev–Trinajstić information content (AvgIpc) is 2.81. The van der Waals surface area contributed by atoms with E-state index in [-0.39, 0.29) is 0 Å². The van der Waals surface area contributed by atoms with Gasteiger partial charge < -0.3 is 10.6 Å². The number of halogens is 1. The third-order valence-electron chi connectivity index (χ3n) is 4.23. The van der Waals surface area contributed by atoms with Gasteiger partial charge in [-0.2, -0.15) is 0 Å². The summed E-state index contributed by atoms with van der Waals surface area (Å²) in [4.78, 5) is 2.45. The summed E-state index contributed by atoms with van der Waals surface area (Å²) in [5, 5.41) is 0.849. The lowest BCUT2D eigenvalue weighted by Gasteiger charge is -2.27. The highest BCUT2D eigenvalue weighted by Gasteiger charge is 2.31. The number of hydrogen-bond donors (Lipinski definition) is 1. The summed E-state index contributed by atoms with van der Waals surface area (Å²) in [5.74, 6) is 0.759. The van der Waals surface area contributed by atoms with Gasteiger partial charge in [-0.3, -0.25) is 0 Å². The fourth-order valence-corrected chi connectivity index (χ4v) is 3.06. The predicted molar refractivity (Wildman–Crippen MR) is 84.0 cm³/mol. The first-order valence-corrected chi connectivity index (χ1v) is 7.53. The molecule has 0 amide bonds. The highest BCUT2D eigenvalue weighted by atomic mass is 35.5. The third-order valence-corrected chi connectivity index (χ3v) is 4.58. The summed E-state index contributed by atoms with van der Waals surface area (Å²) in [6, 6.07) is 6.40.